The molecule has 2 heterocycles. The van der Waals surface area contributed by atoms with Crippen LogP contribution in [0.2, 0.25) is 0 Å². The van der Waals surface area contributed by atoms with Gasteiger partial charge in [-0.3, -0.25) is 0 Å². The Morgan fingerprint density at radius 2 is 2.50 bits per heavy atom. The van der Waals surface area contributed by atoms with Crippen molar-refractivity contribution < 1.29 is 0 Å². The highest BCUT2D eigenvalue weighted by Gasteiger charge is 2.19. The molecule has 2 rings (SSSR count). The van der Waals surface area contributed by atoms with Crippen LogP contribution in [0.1, 0.15) is 25.6 Å². The highest BCUT2D eigenvalue weighted by molar-refractivity contribution is 7.09. The van der Waals surface area contributed by atoms with Gasteiger partial charge in [0.2, 0.25) is 5.13 Å². The van der Waals surface area contributed by atoms with Gasteiger partial charge in [0.25, 0.3) is 0 Å². The first-order valence-corrected chi connectivity index (χ1v) is 5.90. The van der Waals surface area contributed by atoms with Crippen molar-refractivity contribution in [1.29, 1.82) is 0 Å². The number of nitrogens with zero attached hydrogens (tertiary/aromatic N) is 3. The summed E-state index contributed by atoms with van der Waals surface area (Å²) in [6.45, 7) is 4.08. The Morgan fingerprint density at radius 1 is 1.64 bits per heavy atom. The minimum Gasteiger partial charge on any atom is -0.345 e. The molecular weight excluding hydrogens is 196 g/mol. The quantitative estimate of drug-likeness (QED) is 0.795. The van der Waals surface area contributed by atoms with E-state index in [1.165, 1.54) is 18.0 Å². The smallest absolute Gasteiger partial charge is 0.205 e. The predicted octanol–water partition coefficient (Wildman–Crippen LogP) is 1.03. The summed E-state index contributed by atoms with van der Waals surface area (Å²) < 4.78 is 4.28. The largest absolute Gasteiger partial charge is 0.345 e. The molecule has 1 aromatic rings. The van der Waals surface area contributed by atoms with E-state index in [0.29, 0.717) is 6.04 Å². The maximum absolute atomic E-state index is 5.92. The Balaban J connectivity index is 2.06. The monoisotopic (exact) mass is 212 g/mol. The molecule has 5 heteroatoms. The summed E-state index contributed by atoms with van der Waals surface area (Å²) in [7, 11) is 0. The summed E-state index contributed by atoms with van der Waals surface area (Å²) in [5.74, 6) is 0.948. The molecule has 0 bridgehead atoms. The average molecular weight is 212 g/mol. The third kappa shape index (κ3) is 2.04. The van der Waals surface area contributed by atoms with E-state index in [9.17, 15) is 0 Å². The Morgan fingerprint density at radius 3 is 3.14 bits per heavy atom. The molecule has 0 aliphatic carbocycles. The predicted molar refractivity (Wildman–Crippen MR) is 58.7 cm³/mol. The molecule has 2 N–H and O–H groups in total. The molecule has 14 heavy (non-hydrogen) atoms. The summed E-state index contributed by atoms with van der Waals surface area (Å²) >= 11 is 1.49. The highest BCUT2D eigenvalue weighted by atomic mass is 32.1. The summed E-state index contributed by atoms with van der Waals surface area (Å²) in [6, 6.07) is 0.303. The molecule has 0 aromatic carbocycles. The Kier molecular flexibility index (Phi) is 2.98. The van der Waals surface area contributed by atoms with Crippen molar-refractivity contribution in [3.05, 3.63) is 5.82 Å². The zero-order chi connectivity index (χ0) is 9.97. The fraction of sp³-hybridized carbons (Fsp3) is 0.778. The van der Waals surface area contributed by atoms with Gasteiger partial charge >= 0.3 is 0 Å². The van der Waals surface area contributed by atoms with Crippen LogP contribution in [0.15, 0.2) is 0 Å². The molecule has 4 nitrogen and oxygen atoms in total. The van der Waals surface area contributed by atoms with Gasteiger partial charge < -0.3 is 10.6 Å². The molecule has 0 amide bonds. The Bertz CT molecular complexity index is 299. The number of hydrogen-bond donors (Lipinski definition) is 1. The molecule has 78 valence electrons. The molecule has 1 atom stereocenters. The number of aromatic nitrogens is 2. The van der Waals surface area contributed by atoms with E-state index in [2.05, 4.69) is 21.2 Å². The van der Waals surface area contributed by atoms with Crippen LogP contribution in [0.3, 0.4) is 0 Å². The number of anilines is 1. The average Bonchev–Trinajstić information content (AvgIpc) is 2.66. The number of hydrogen-bond acceptors (Lipinski definition) is 5. The van der Waals surface area contributed by atoms with Gasteiger partial charge in [-0.1, -0.05) is 6.92 Å². The van der Waals surface area contributed by atoms with Crippen LogP contribution in [-0.2, 0) is 6.42 Å². The van der Waals surface area contributed by atoms with Crippen LogP contribution < -0.4 is 10.6 Å². The Hall–Kier alpha value is -0.680. The molecule has 0 saturated carbocycles. The second-order valence-corrected chi connectivity index (χ2v) is 4.43. The lowest BCUT2D eigenvalue weighted by molar-refractivity contribution is 0.505. The van der Waals surface area contributed by atoms with E-state index in [1.54, 1.807) is 0 Å². The van der Waals surface area contributed by atoms with Crippen LogP contribution >= 0.6 is 11.5 Å². The van der Waals surface area contributed by atoms with Crippen LogP contribution in [0, 0.1) is 0 Å². The van der Waals surface area contributed by atoms with Crippen molar-refractivity contribution >= 4 is 16.7 Å². The topological polar surface area (TPSA) is 55.0 Å². The number of piperidine rings is 1. The van der Waals surface area contributed by atoms with Gasteiger partial charge in [-0.15, -0.1) is 0 Å². The fourth-order valence-electron chi connectivity index (χ4n) is 1.70. The number of aryl methyl sites for hydroxylation is 1. The van der Waals surface area contributed by atoms with Gasteiger partial charge in [0.15, 0.2) is 0 Å². The SMILES string of the molecule is CCc1nsc(N2CCC[C@@H](N)C2)n1. The second kappa shape index (κ2) is 4.23. The van der Waals surface area contributed by atoms with Crippen LogP contribution in [0.4, 0.5) is 5.13 Å². The lowest BCUT2D eigenvalue weighted by Gasteiger charge is -2.29. The first-order valence-electron chi connectivity index (χ1n) is 5.12. The minimum atomic E-state index is 0.303. The van der Waals surface area contributed by atoms with Crippen molar-refractivity contribution in [2.45, 2.75) is 32.2 Å². The molecule has 1 aliphatic rings. The number of rotatable bonds is 2. The molecule has 1 aliphatic heterocycles. The molecule has 1 aromatic heterocycles. The lowest BCUT2D eigenvalue weighted by atomic mass is 10.1. The van der Waals surface area contributed by atoms with Gasteiger partial charge in [0.1, 0.15) is 5.82 Å². The summed E-state index contributed by atoms with van der Waals surface area (Å²) in [5.41, 5.74) is 5.92. The minimum absolute atomic E-state index is 0.303. The van der Waals surface area contributed by atoms with E-state index >= 15 is 0 Å². The van der Waals surface area contributed by atoms with Crippen molar-refractivity contribution in [2.24, 2.45) is 5.73 Å². The van der Waals surface area contributed by atoms with E-state index in [0.717, 1.165) is 36.9 Å². The second-order valence-electron chi connectivity index (χ2n) is 3.70. The van der Waals surface area contributed by atoms with Crippen LogP contribution in [-0.4, -0.2) is 28.5 Å². The van der Waals surface area contributed by atoms with Crippen molar-refractivity contribution in [3.8, 4) is 0 Å². The van der Waals surface area contributed by atoms with Crippen molar-refractivity contribution in [3.63, 3.8) is 0 Å². The fourth-order valence-corrected chi connectivity index (χ4v) is 2.48. The third-order valence-corrected chi connectivity index (χ3v) is 3.32. The maximum Gasteiger partial charge on any atom is 0.205 e. The standard InChI is InChI=1S/C9H16N4S/c1-2-8-11-9(14-12-8)13-5-3-4-7(10)6-13/h7H,2-6,10H2,1H3/t7-/m1/s1. The van der Waals surface area contributed by atoms with E-state index in [4.69, 9.17) is 5.73 Å². The van der Waals surface area contributed by atoms with Gasteiger partial charge in [0, 0.05) is 37.1 Å². The first kappa shape index (κ1) is 9.86. The normalized spacial score (nSPS) is 22.7. The zero-order valence-electron chi connectivity index (χ0n) is 8.44. The van der Waals surface area contributed by atoms with Crippen LogP contribution in [0.5, 0.6) is 0 Å². The lowest BCUT2D eigenvalue weighted by Crippen LogP contribution is -2.42. The van der Waals surface area contributed by atoms with Gasteiger partial charge in [-0.25, -0.2) is 4.98 Å². The number of nitrogens with two attached hydrogens (primary N) is 1. The van der Waals surface area contributed by atoms with Gasteiger partial charge in [0.05, 0.1) is 0 Å². The van der Waals surface area contributed by atoms with Gasteiger partial charge in [-0.05, 0) is 12.8 Å². The first-order chi connectivity index (χ1) is 6.79. The highest BCUT2D eigenvalue weighted by Crippen LogP contribution is 2.21. The van der Waals surface area contributed by atoms with Crippen molar-refractivity contribution in [1.82, 2.24) is 9.36 Å². The summed E-state index contributed by atoms with van der Waals surface area (Å²) in [6.07, 6.45) is 3.22. The van der Waals surface area contributed by atoms with E-state index in [1.807, 2.05) is 0 Å². The van der Waals surface area contributed by atoms with Crippen LogP contribution in [0.25, 0.3) is 0 Å². The van der Waals surface area contributed by atoms with Crippen molar-refractivity contribution in [2.75, 3.05) is 18.0 Å². The third-order valence-electron chi connectivity index (χ3n) is 2.50. The zero-order valence-corrected chi connectivity index (χ0v) is 9.26. The van der Waals surface area contributed by atoms with E-state index in [-0.39, 0.29) is 0 Å². The molecule has 0 radical (unpaired) electrons. The molecular formula is C9H16N4S. The molecule has 0 spiro atoms. The molecule has 1 saturated heterocycles. The molecule has 1 fully saturated rings. The summed E-state index contributed by atoms with van der Waals surface area (Å²) in [4.78, 5) is 6.72. The maximum atomic E-state index is 5.92. The van der Waals surface area contributed by atoms with Gasteiger partial charge in [-0.2, -0.15) is 4.37 Å². The Labute approximate surface area is 88.3 Å². The molecule has 0 unspecified atom stereocenters. The van der Waals surface area contributed by atoms with E-state index < -0.39 is 0 Å². The summed E-state index contributed by atoms with van der Waals surface area (Å²) in [5, 5.41) is 1.04.